The summed E-state index contributed by atoms with van der Waals surface area (Å²) in [6, 6.07) is 6.86. The molecule has 2 nitrogen and oxygen atoms in total. The molecular formula is C15H14ClFN2S. The Bertz CT molecular complexity index is 747. The largest absolute Gasteiger partial charge is 0.323 e. The molecule has 3 rings (SSSR count). The number of thiophene rings is 1. The Morgan fingerprint density at radius 3 is 2.90 bits per heavy atom. The van der Waals surface area contributed by atoms with E-state index in [1.807, 2.05) is 0 Å². The molecule has 2 aromatic heterocycles. The van der Waals surface area contributed by atoms with Gasteiger partial charge in [-0.2, -0.15) is 0 Å². The number of fused-ring (bicyclic) bond motifs is 1. The van der Waals surface area contributed by atoms with Crippen molar-refractivity contribution in [3.05, 3.63) is 51.7 Å². The number of alkyl halides is 1. The van der Waals surface area contributed by atoms with Gasteiger partial charge in [0.1, 0.15) is 11.6 Å². The molecule has 0 aliphatic rings. The van der Waals surface area contributed by atoms with Crippen LogP contribution in [0.5, 0.6) is 0 Å². The van der Waals surface area contributed by atoms with Gasteiger partial charge in [0.25, 0.3) is 0 Å². The average Bonchev–Trinajstić information content (AvgIpc) is 2.96. The third kappa shape index (κ3) is 2.45. The first kappa shape index (κ1) is 13.6. The van der Waals surface area contributed by atoms with Crippen LogP contribution in [0.3, 0.4) is 0 Å². The van der Waals surface area contributed by atoms with Crippen LogP contribution >= 0.6 is 22.9 Å². The standard InChI is InChI=1S/C15H14ClFN2S/c1-10-5-7-20-14(10)9-19-13-3-2-11(17)8-12(13)18-15(19)4-6-16/h2-3,5,7-8H,4,6,9H2,1H3. The number of aryl methyl sites for hydroxylation is 2. The van der Waals surface area contributed by atoms with E-state index in [1.54, 1.807) is 17.4 Å². The quantitative estimate of drug-likeness (QED) is 0.654. The third-order valence-electron chi connectivity index (χ3n) is 3.38. The highest BCUT2D eigenvalue weighted by Gasteiger charge is 2.12. The molecule has 0 spiro atoms. The highest BCUT2D eigenvalue weighted by molar-refractivity contribution is 7.10. The van der Waals surface area contributed by atoms with Crippen LogP contribution in [0, 0.1) is 12.7 Å². The fourth-order valence-electron chi connectivity index (χ4n) is 2.31. The van der Waals surface area contributed by atoms with Crippen molar-refractivity contribution in [1.82, 2.24) is 9.55 Å². The maximum atomic E-state index is 13.3. The van der Waals surface area contributed by atoms with Gasteiger partial charge in [-0.15, -0.1) is 22.9 Å². The summed E-state index contributed by atoms with van der Waals surface area (Å²) >= 11 is 7.59. The van der Waals surface area contributed by atoms with Gasteiger partial charge >= 0.3 is 0 Å². The molecule has 2 heterocycles. The fourth-order valence-corrected chi connectivity index (χ4v) is 3.38. The topological polar surface area (TPSA) is 17.8 Å². The molecule has 0 radical (unpaired) electrons. The van der Waals surface area contributed by atoms with Crippen LogP contribution in [0.2, 0.25) is 0 Å². The fraction of sp³-hybridized carbons (Fsp3) is 0.267. The van der Waals surface area contributed by atoms with Crippen molar-refractivity contribution in [3.8, 4) is 0 Å². The van der Waals surface area contributed by atoms with Gasteiger partial charge in [0.05, 0.1) is 17.6 Å². The molecule has 3 aromatic rings. The molecule has 0 fully saturated rings. The number of halogens is 2. The lowest BCUT2D eigenvalue weighted by Gasteiger charge is -2.08. The van der Waals surface area contributed by atoms with Gasteiger partial charge in [-0.05, 0) is 36.1 Å². The van der Waals surface area contributed by atoms with E-state index in [1.165, 1.54) is 22.6 Å². The minimum atomic E-state index is -0.258. The third-order valence-corrected chi connectivity index (χ3v) is 4.57. The molecule has 0 N–H and O–H groups in total. The first-order valence-corrected chi connectivity index (χ1v) is 7.84. The highest BCUT2D eigenvalue weighted by atomic mass is 35.5. The maximum absolute atomic E-state index is 13.3. The van der Waals surface area contributed by atoms with E-state index in [-0.39, 0.29) is 5.82 Å². The van der Waals surface area contributed by atoms with Crippen molar-refractivity contribution >= 4 is 34.0 Å². The van der Waals surface area contributed by atoms with Crippen LogP contribution in [0.15, 0.2) is 29.6 Å². The molecule has 0 amide bonds. The smallest absolute Gasteiger partial charge is 0.125 e. The average molecular weight is 309 g/mol. The molecule has 1 aromatic carbocycles. The summed E-state index contributed by atoms with van der Waals surface area (Å²) in [5.74, 6) is 1.16. The van der Waals surface area contributed by atoms with E-state index < -0.39 is 0 Å². The highest BCUT2D eigenvalue weighted by Crippen LogP contribution is 2.23. The first-order chi connectivity index (χ1) is 9.69. The lowest BCUT2D eigenvalue weighted by Crippen LogP contribution is -2.05. The van der Waals surface area contributed by atoms with E-state index in [4.69, 9.17) is 11.6 Å². The van der Waals surface area contributed by atoms with E-state index in [9.17, 15) is 4.39 Å². The monoisotopic (exact) mass is 308 g/mol. The van der Waals surface area contributed by atoms with Gasteiger partial charge in [-0.3, -0.25) is 0 Å². The number of imidazole rings is 1. The van der Waals surface area contributed by atoms with Crippen molar-refractivity contribution < 1.29 is 4.39 Å². The zero-order valence-electron chi connectivity index (χ0n) is 11.1. The molecule has 0 bridgehead atoms. The second kappa shape index (κ2) is 5.54. The van der Waals surface area contributed by atoms with Crippen LogP contribution < -0.4 is 0 Å². The summed E-state index contributed by atoms with van der Waals surface area (Å²) in [6.45, 7) is 2.86. The minimum Gasteiger partial charge on any atom is -0.323 e. The van der Waals surface area contributed by atoms with Gasteiger partial charge < -0.3 is 4.57 Å². The van der Waals surface area contributed by atoms with Crippen molar-refractivity contribution in [2.75, 3.05) is 5.88 Å². The van der Waals surface area contributed by atoms with Crippen molar-refractivity contribution in [2.45, 2.75) is 19.9 Å². The Kier molecular flexibility index (Phi) is 3.76. The summed E-state index contributed by atoms with van der Waals surface area (Å²) in [5.41, 5.74) is 2.93. The number of rotatable bonds is 4. The summed E-state index contributed by atoms with van der Waals surface area (Å²) in [7, 11) is 0. The second-order valence-electron chi connectivity index (χ2n) is 4.71. The molecular weight excluding hydrogens is 295 g/mol. The van der Waals surface area contributed by atoms with Gasteiger partial charge in [-0.1, -0.05) is 0 Å². The predicted octanol–water partition coefficient (Wildman–Crippen LogP) is 4.37. The Morgan fingerprint density at radius 2 is 2.20 bits per heavy atom. The molecule has 0 aliphatic heterocycles. The number of aromatic nitrogens is 2. The normalized spacial score (nSPS) is 11.3. The maximum Gasteiger partial charge on any atom is 0.125 e. The first-order valence-electron chi connectivity index (χ1n) is 6.42. The van der Waals surface area contributed by atoms with E-state index in [0.29, 0.717) is 17.8 Å². The molecule has 5 heteroatoms. The molecule has 104 valence electrons. The van der Waals surface area contributed by atoms with E-state index >= 15 is 0 Å². The van der Waals surface area contributed by atoms with Crippen molar-refractivity contribution in [3.63, 3.8) is 0 Å². The van der Waals surface area contributed by atoms with E-state index in [2.05, 4.69) is 27.9 Å². The number of hydrogen-bond donors (Lipinski definition) is 0. The number of hydrogen-bond acceptors (Lipinski definition) is 2. The molecule has 0 saturated carbocycles. The van der Waals surface area contributed by atoms with Crippen LogP contribution in [0.4, 0.5) is 4.39 Å². The second-order valence-corrected chi connectivity index (χ2v) is 6.09. The van der Waals surface area contributed by atoms with E-state index in [0.717, 1.165) is 17.9 Å². The van der Waals surface area contributed by atoms with Gasteiger partial charge in [0, 0.05) is 23.2 Å². The molecule has 0 unspecified atom stereocenters. The van der Waals surface area contributed by atoms with Gasteiger partial charge in [0.15, 0.2) is 0 Å². The Hall–Kier alpha value is -1.39. The predicted molar refractivity (Wildman–Crippen MR) is 82.3 cm³/mol. The molecule has 0 atom stereocenters. The van der Waals surface area contributed by atoms with Gasteiger partial charge in [0.2, 0.25) is 0 Å². The van der Waals surface area contributed by atoms with Crippen LogP contribution in [0.25, 0.3) is 11.0 Å². The number of nitrogens with zero attached hydrogens (tertiary/aromatic N) is 2. The summed E-state index contributed by atoms with van der Waals surface area (Å²) < 4.78 is 15.5. The van der Waals surface area contributed by atoms with Gasteiger partial charge in [-0.25, -0.2) is 9.37 Å². The zero-order chi connectivity index (χ0) is 14.1. The lowest BCUT2D eigenvalue weighted by atomic mass is 10.2. The molecule has 0 saturated heterocycles. The Balaban J connectivity index is 2.11. The minimum absolute atomic E-state index is 0.258. The van der Waals surface area contributed by atoms with Crippen LogP contribution in [0.1, 0.15) is 16.3 Å². The summed E-state index contributed by atoms with van der Waals surface area (Å²) in [5, 5.41) is 2.09. The Labute approximate surface area is 125 Å². The molecule has 20 heavy (non-hydrogen) atoms. The Morgan fingerprint density at radius 1 is 1.35 bits per heavy atom. The van der Waals surface area contributed by atoms with Crippen molar-refractivity contribution in [1.29, 1.82) is 0 Å². The van der Waals surface area contributed by atoms with Crippen LogP contribution in [-0.4, -0.2) is 15.4 Å². The van der Waals surface area contributed by atoms with Crippen LogP contribution in [-0.2, 0) is 13.0 Å². The SMILES string of the molecule is Cc1ccsc1Cn1c(CCCl)nc2cc(F)ccc21. The lowest BCUT2D eigenvalue weighted by molar-refractivity contribution is 0.629. The summed E-state index contributed by atoms with van der Waals surface area (Å²) in [6.07, 6.45) is 0.683. The molecule has 0 aliphatic carbocycles. The number of benzene rings is 1. The summed E-state index contributed by atoms with van der Waals surface area (Å²) in [4.78, 5) is 5.81. The zero-order valence-corrected chi connectivity index (χ0v) is 12.6. The van der Waals surface area contributed by atoms with Crippen molar-refractivity contribution in [2.24, 2.45) is 0 Å².